The van der Waals surface area contributed by atoms with Crippen LogP contribution in [0.2, 0.25) is 0 Å². The predicted octanol–water partition coefficient (Wildman–Crippen LogP) is -2.74. The largest absolute Gasteiger partial charge is 0.418 e. The molecule has 30 heavy (non-hydrogen) atoms. The Balaban J connectivity index is 1.29. The summed E-state index contributed by atoms with van der Waals surface area (Å²) >= 11 is 0. The van der Waals surface area contributed by atoms with Crippen LogP contribution >= 0.6 is 0 Å². The average molecular weight is 444 g/mol. The van der Waals surface area contributed by atoms with E-state index >= 15 is 0 Å². The van der Waals surface area contributed by atoms with Gasteiger partial charge in [-0.05, 0) is 24.5 Å². The second kappa shape index (κ2) is 7.86. The third-order valence-electron chi connectivity index (χ3n) is 5.42. The number of nitrogens with zero attached hydrogens (tertiary/aromatic N) is 6. The van der Waals surface area contributed by atoms with E-state index in [1.165, 1.54) is 16.0 Å². The summed E-state index contributed by atoms with van der Waals surface area (Å²) in [5.74, 6) is -0.736. The van der Waals surface area contributed by atoms with E-state index in [0.29, 0.717) is 24.4 Å². The van der Waals surface area contributed by atoms with Gasteiger partial charge >= 0.3 is 16.4 Å². The number of carbonyl (C=O) groups excluding carboxylic acids is 3. The van der Waals surface area contributed by atoms with E-state index in [1.54, 1.807) is 0 Å². The molecule has 3 N–H and O–H groups in total. The van der Waals surface area contributed by atoms with Crippen molar-refractivity contribution in [2.75, 3.05) is 19.6 Å². The monoisotopic (exact) mass is 444 g/mol. The molecule has 4 heterocycles. The standard InChI is InChI=1S/C14H20N8O7S/c23-12(10-3-9(4-15-10)22-18-7-17-19-22)5-16-13(24)11-2-1-8-6-20(11)14(25)21(8)29-30(26,27)28/h7-11,15H,1-6H2,(H,16,24)(H,26,27,28)/t8-,9+,10+,11+/m1/s1. The first-order chi connectivity index (χ1) is 14.2. The first-order valence-corrected chi connectivity index (χ1v) is 10.6. The van der Waals surface area contributed by atoms with Gasteiger partial charge in [-0.2, -0.15) is 18.3 Å². The van der Waals surface area contributed by atoms with Crippen LogP contribution in [0.1, 0.15) is 25.3 Å². The molecule has 3 aliphatic heterocycles. The molecule has 0 aromatic carbocycles. The van der Waals surface area contributed by atoms with Crippen LogP contribution in [0.15, 0.2) is 6.33 Å². The molecule has 3 fully saturated rings. The van der Waals surface area contributed by atoms with Gasteiger partial charge in [0.1, 0.15) is 6.04 Å². The molecule has 0 unspecified atom stereocenters. The number of fused-ring (bicyclic) bond motifs is 2. The van der Waals surface area contributed by atoms with E-state index in [4.69, 9.17) is 4.55 Å². The number of piperidine rings is 1. The van der Waals surface area contributed by atoms with E-state index in [9.17, 15) is 22.8 Å². The number of tetrazole rings is 1. The summed E-state index contributed by atoms with van der Waals surface area (Å²) in [5, 5.41) is 17.6. The van der Waals surface area contributed by atoms with Gasteiger partial charge in [-0.1, -0.05) is 0 Å². The van der Waals surface area contributed by atoms with Crippen molar-refractivity contribution in [3.05, 3.63) is 6.33 Å². The summed E-state index contributed by atoms with van der Waals surface area (Å²) in [7, 11) is -4.86. The fourth-order valence-electron chi connectivity index (χ4n) is 4.00. The van der Waals surface area contributed by atoms with Crippen molar-refractivity contribution in [3.8, 4) is 0 Å². The number of amides is 3. The van der Waals surface area contributed by atoms with Crippen LogP contribution in [0.25, 0.3) is 0 Å². The van der Waals surface area contributed by atoms with Gasteiger partial charge in [-0.3, -0.25) is 14.1 Å². The van der Waals surface area contributed by atoms with E-state index in [2.05, 4.69) is 30.3 Å². The lowest BCUT2D eigenvalue weighted by Crippen LogP contribution is -2.51. The molecule has 0 radical (unpaired) electrons. The smallest absolute Gasteiger partial charge is 0.347 e. The summed E-state index contributed by atoms with van der Waals surface area (Å²) in [6, 6.07) is -2.86. The predicted molar refractivity (Wildman–Crippen MR) is 94.7 cm³/mol. The number of urea groups is 1. The van der Waals surface area contributed by atoms with Crippen LogP contribution in [0.4, 0.5) is 4.79 Å². The van der Waals surface area contributed by atoms with Gasteiger partial charge in [0.05, 0.1) is 24.7 Å². The van der Waals surface area contributed by atoms with E-state index in [0.717, 1.165) is 0 Å². The van der Waals surface area contributed by atoms with Crippen LogP contribution in [0.5, 0.6) is 0 Å². The first-order valence-electron chi connectivity index (χ1n) is 9.26. The number of nitrogens with one attached hydrogen (secondary N) is 2. The van der Waals surface area contributed by atoms with Crippen LogP contribution in [0.3, 0.4) is 0 Å². The number of carbonyl (C=O) groups is 3. The molecular formula is C14H20N8O7S. The number of ketones is 1. The number of Topliss-reactive ketones (excluding diaryl/α,β-unsaturated/α-hetero) is 1. The zero-order chi connectivity index (χ0) is 21.5. The van der Waals surface area contributed by atoms with Crippen molar-refractivity contribution < 1.29 is 31.6 Å². The fourth-order valence-corrected chi connectivity index (χ4v) is 4.39. The minimum atomic E-state index is -4.86. The molecule has 16 heteroatoms. The second-order valence-electron chi connectivity index (χ2n) is 7.30. The summed E-state index contributed by atoms with van der Waals surface area (Å²) < 4.78 is 35.0. The zero-order valence-electron chi connectivity index (χ0n) is 15.6. The maximum absolute atomic E-state index is 12.6. The molecule has 0 aliphatic carbocycles. The van der Waals surface area contributed by atoms with Crippen molar-refractivity contribution >= 4 is 28.1 Å². The highest BCUT2D eigenvalue weighted by Crippen LogP contribution is 2.30. The van der Waals surface area contributed by atoms with Crippen molar-refractivity contribution in [3.63, 3.8) is 0 Å². The highest BCUT2D eigenvalue weighted by Gasteiger charge is 2.49. The van der Waals surface area contributed by atoms with Gasteiger partial charge < -0.3 is 15.5 Å². The average Bonchev–Trinajstić information content (AvgIpc) is 3.43. The Bertz CT molecular complexity index is 938. The Morgan fingerprint density at radius 3 is 2.83 bits per heavy atom. The molecule has 15 nitrogen and oxygen atoms in total. The molecule has 0 saturated carbocycles. The molecule has 4 rings (SSSR count). The Labute approximate surface area is 170 Å². The SMILES string of the molecule is O=C(CNC(=O)[C@@H]1CC[C@@H]2CN1C(=O)N2OS(=O)(=O)O)[C@@H]1C[C@H](n2ncnn2)CN1. The van der Waals surface area contributed by atoms with Gasteiger partial charge in [0.25, 0.3) is 0 Å². The fraction of sp³-hybridized carbons (Fsp3) is 0.714. The number of rotatable bonds is 7. The lowest BCUT2D eigenvalue weighted by atomic mass is 10.00. The highest BCUT2D eigenvalue weighted by molar-refractivity contribution is 7.80. The quantitative estimate of drug-likeness (QED) is 0.370. The number of aromatic nitrogens is 4. The Morgan fingerprint density at radius 1 is 1.33 bits per heavy atom. The van der Waals surface area contributed by atoms with Crippen molar-refractivity contribution in [2.45, 2.75) is 43.4 Å². The topological polar surface area (TPSA) is 189 Å². The summed E-state index contributed by atoms with van der Waals surface area (Å²) in [4.78, 5) is 39.9. The zero-order valence-corrected chi connectivity index (χ0v) is 16.4. The van der Waals surface area contributed by atoms with Crippen molar-refractivity contribution in [1.82, 2.24) is 40.8 Å². The molecule has 164 valence electrons. The number of hydrogen-bond donors (Lipinski definition) is 3. The minimum absolute atomic E-state index is 0.0805. The molecule has 0 spiro atoms. The van der Waals surface area contributed by atoms with Gasteiger partial charge in [0.15, 0.2) is 12.1 Å². The number of hydrogen-bond acceptors (Lipinski definition) is 10. The summed E-state index contributed by atoms with van der Waals surface area (Å²) in [5.41, 5.74) is 0. The van der Waals surface area contributed by atoms with Gasteiger partial charge in [-0.15, -0.1) is 14.5 Å². The van der Waals surface area contributed by atoms with E-state index in [1.807, 2.05) is 0 Å². The Morgan fingerprint density at radius 2 is 2.13 bits per heavy atom. The van der Waals surface area contributed by atoms with Crippen LogP contribution in [-0.2, 0) is 24.3 Å². The maximum Gasteiger partial charge on any atom is 0.418 e. The normalized spacial score (nSPS) is 28.8. The Hall–Kier alpha value is -2.69. The highest BCUT2D eigenvalue weighted by atomic mass is 32.3. The molecule has 3 saturated heterocycles. The molecule has 4 atom stereocenters. The van der Waals surface area contributed by atoms with Gasteiger partial charge in [0.2, 0.25) is 5.91 Å². The molecule has 1 aromatic heterocycles. The minimum Gasteiger partial charge on any atom is -0.347 e. The van der Waals surface area contributed by atoms with Gasteiger partial charge in [-0.25, -0.2) is 4.79 Å². The molecule has 1 aromatic rings. The van der Waals surface area contributed by atoms with E-state index < -0.39 is 40.5 Å². The lowest BCUT2D eigenvalue weighted by Gasteiger charge is -2.29. The number of hydroxylamine groups is 2. The second-order valence-corrected chi connectivity index (χ2v) is 8.31. The van der Waals surface area contributed by atoms with Crippen molar-refractivity contribution in [2.24, 2.45) is 0 Å². The van der Waals surface area contributed by atoms with Gasteiger partial charge in [0, 0.05) is 13.1 Å². The Kier molecular flexibility index (Phi) is 5.39. The summed E-state index contributed by atoms with van der Waals surface area (Å²) in [6.07, 6.45) is 2.35. The van der Waals surface area contributed by atoms with Crippen LogP contribution in [0, 0.1) is 0 Å². The molecule has 3 amide bonds. The van der Waals surface area contributed by atoms with E-state index in [-0.39, 0.29) is 31.3 Å². The van der Waals surface area contributed by atoms with Crippen molar-refractivity contribution in [1.29, 1.82) is 0 Å². The first kappa shape index (κ1) is 20.6. The van der Waals surface area contributed by atoms with Crippen LogP contribution < -0.4 is 10.6 Å². The molecule has 3 aliphatic rings. The summed E-state index contributed by atoms with van der Waals surface area (Å²) in [6.45, 7) is 0.356. The molecule has 2 bridgehead atoms. The van der Waals surface area contributed by atoms with Crippen LogP contribution in [-0.4, -0.2) is 98.6 Å². The third-order valence-corrected chi connectivity index (χ3v) is 5.77. The lowest BCUT2D eigenvalue weighted by molar-refractivity contribution is -0.129. The third kappa shape index (κ3) is 4.11. The maximum atomic E-state index is 12.6. The molecular weight excluding hydrogens is 424 g/mol.